The van der Waals surface area contributed by atoms with Crippen LogP contribution in [0.1, 0.15) is 5.69 Å². The lowest BCUT2D eigenvalue weighted by atomic mass is 10.3. The van der Waals surface area contributed by atoms with Gasteiger partial charge in [0.1, 0.15) is 4.32 Å². The van der Waals surface area contributed by atoms with E-state index < -0.39 is 0 Å². The molecule has 1 saturated heterocycles. The topological polar surface area (TPSA) is 39.3 Å². The van der Waals surface area contributed by atoms with Crippen LogP contribution in [0.3, 0.4) is 0 Å². The van der Waals surface area contributed by atoms with E-state index >= 15 is 0 Å². The van der Waals surface area contributed by atoms with E-state index in [9.17, 15) is 4.79 Å². The Morgan fingerprint density at radius 1 is 1.56 bits per heavy atom. The van der Waals surface area contributed by atoms with Gasteiger partial charge in [0.2, 0.25) is 0 Å². The van der Waals surface area contributed by atoms with E-state index in [0.29, 0.717) is 15.8 Å². The van der Waals surface area contributed by atoms with Gasteiger partial charge in [0, 0.05) is 25.0 Å². The fourth-order valence-electron chi connectivity index (χ4n) is 1.57. The number of carbonyl (C=O) groups excluding carboxylic acids is 1. The van der Waals surface area contributed by atoms with E-state index in [1.54, 1.807) is 4.90 Å². The van der Waals surface area contributed by atoms with Gasteiger partial charge in [0.15, 0.2) is 0 Å². The fourth-order valence-corrected chi connectivity index (χ4v) is 2.87. The SMILES string of the molecule is CN(C)CCN1C(=O)/C(=C\c2ccc[nH]2)SC1=S. The summed E-state index contributed by atoms with van der Waals surface area (Å²) in [5.41, 5.74) is 0.920. The molecule has 1 fully saturated rings. The maximum absolute atomic E-state index is 12.2. The van der Waals surface area contributed by atoms with Crippen LogP contribution in [0.25, 0.3) is 6.08 Å². The lowest BCUT2D eigenvalue weighted by molar-refractivity contribution is -0.122. The molecule has 1 aliphatic rings. The number of aromatic nitrogens is 1. The number of aromatic amines is 1. The highest BCUT2D eigenvalue weighted by Gasteiger charge is 2.31. The minimum Gasteiger partial charge on any atom is -0.362 e. The highest BCUT2D eigenvalue weighted by Crippen LogP contribution is 2.31. The molecule has 0 atom stereocenters. The van der Waals surface area contributed by atoms with E-state index in [4.69, 9.17) is 12.2 Å². The van der Waals surface area contributed by atoms with Gasteiger partial charge in [-0.25, -0.2) is 0 Å². The van der Waals surface area contributed by atoms with Crippen LogP contribution in [-0.2, 0) is 4.79 Å². The molecule has 0 unspecified atom stereocenters. The van der Waals surface area contributed by atoms with Gasteiger partial charge in [-0.1, -0.05) is 24.0 Å². The molecule has 0 aromatic carbocycles. The first-order valence-corrected chi connectivity index (χ1v) is 6.84. The van der Waals surface area contributed by atoms with E-state index in [1.165, 1.54) is 11.8 Å². The Balaban J connectivity index is 2.09. The smallest absolute Gasteiger partial charge is 0.266 e. The normalized spacial score (nSPS) is 18.4. The molecular weight excluding hydrogens is 266 g/mol. The van der Waals surface area contributed by atoms with Gasteiger partial charge in [0.05, 0.1) is 4.91 Å². The molecule has 1 N–H and O–H groups in total. The van der Waals surface area contributed by atoms with Crippen molar-refractivity contribution in [3.8, 4) is 0 Å². The van der Waals surface area contributed by atoms with Crippen LogP contribution in [0.2, 0.25) is 0 Å². The Morgan fingerprint density at radius 2 is 2.33 bits per heavy atom. The van der Waals surface area contributed by atoms with Crippen molar-refractivity contribution < 1.29 is 4.79 Å². The van der Waals surface area contributed by atoms with Crippen LogP contribution < -0.4 is 0 Å². The molecule has 1 aromatic rings. The molecule has 96 valence electrons. The van der Waals surface area contributed by atoms with Crippen LogP contribution in [0.4, 0.5) is 0 Å². The van der Waals surface area contributed by atoms with Gasteiger partial charge in [-0.2, -0.15) is 0 Å². The first-order valence-electron chi connectivity index (χ1n) is 5.61. The number of rotatable bonds is 4. The number of likely N-dealkylation sites (N-methyl/N-ethyl adjacent to an activating group) is 1. The number of hydrogen-bond acceptors (Lipinski definition) is 4. The Labute approximate surface area is 116 Å². The zero-order valence-electron chi connectivity index (χ0n) is 10.3. The van der Waals surface area contributed by atoms with Crippen LogP contribution in [0, 0.1) is 0 Å². The summed E-state index contributed by atoms with van der Waals surface area (Å²) in [5, 5.41) is 0. The number of thiocarbonyl (C=S) groups is 1. The van der Waals surface area contributed by atoms with Gasteiger partial charge in [-0.05, 0) is 32.3 Å². The zero-order valence-corrected chi connectivity index (χ0v) is 12.0. The van der Waals surface area contributed by atoms with Crippen molar-refractivity contribution in [2.75, 3.05) is 27.2 Å². The average Bonchev–Trinajstić information content (AvgIpc) is 2.88. The molecular formula is C12H15N3OS2. The Kier molecular flexibility index (Phi) is 4.21. The van der Waals surface area contributed by atoms with Gasteiger partial charge in [-0.3, -0.25) is 9.69 Å². The monoisotopic (exact) mass is 281 g/mol. The second-order valence-electron chi connectivity index (χ2n) is 4.26. The third kappa shape index (κ3) is 3.01. The molecule has 18 heavy (non-hydrogen) atoms. The van der Waals surface area contributed by atoms with Crippen LogP contribution in [0.5, 0.6) is 0 Å². The van der Waals surface area contributed by atoms with Gasteiger partial charge >= 0.3 is 0 Å². The van der Waals surface area contributed by atoms with Crippen molar-refractivity contribution >= 4 is 40.3 Å². The number of thioether (sulfide) groups is 1. The van der Waals surface area contributed by atoms with E-state index in [2.05, 4.69) is 4.98 Å². The Hall–Kier alpha value is -1.11. The summed E-state index contributed by atoms with van der Waals surface area (Å²) in [5.74, 6) is 0.00134. The highest BCUT2D eigenvalue weighted by atomic mass is 32.2. The van der Waals surface area contributed by atoms with Crippen molar-refractivity contribution in [2.24, 2.45) is 0 Å². The Morgan fingerprint density at radius 3 is 2.94 bits per heavy atom. The van der Waals surface area contributed by atoms with Crippen molar-refractivity contribution in [3.63, 3.8) is 0 Å². The summed E-state index contributed by atoms with van der Waals surface area (Å²) in [4.78, 5) is 19.6. The Bertz CT molecular complexity index is 480. The van der Waals surface area contributed by atoms with Gasteiger partial charge in [-0.15, -0.1) is 0 Å². The number of carbonyl (C=O) groups is 1. The minimum atomic E-state index is 0.00134. The predicted octanol–water partition coefficient (Wildman–Crippen LogP) is 1.78. The van der Waals surface area contributed by atoms with Crippen molar-refractivity contribution in [3.05, 3.63) is 28.9 Å². The molecule has 0 bridgehead atoms. The summed E-state index contributed by atoms with van der Waals surface area (Å²) in [6, 6.07) is 3.82. The third-order valence-corrected chi connectivity index (χ3v) is 3.93. The second-order valence-corrected chi connectivity index (χ2v) is 5.94. The molecule has 0 radical (unpaired) electrons. The second kappa shape index (κ2) is 5.69. The summed E-state index contributed by atoms with van der Waals surface area (Å²) in [6.07, 6.45) is 3.67. The van der Waals surface area contributed by atoms with Crippen molar-refractivity contribution in [1.82, 2.24) is 14.8 Å². The molecule has 1 amide bonds. The van der Waals surface area contributed by atoms with Crippen molar-refractivity contribution in [2.45, 2.75) is 0 Å². The summed E-state index contributed by atoms with van der Waals surface area (Å²) in [6.45, 7) is 1.45. The molecule has 2 rings (SSSR count). The van der Waals surface area contributed by atoms with Crippen LogP contribution in [-0.4, -0.2) is 52.2 Å². The lowest BCUT2D eigenvalue weighted by Crippen LogP contribution is -2.34. The number of amides is 1. The first kappa shape index (κ1) is 13.3. The highest BCUT2D eigenvalue weighted by molar-refractivity contribution is 8.26. The van der Waals surface area contributed by atoms with Gasteiger partial charge < -0.3 is 9.88 Å². The molecule has 6 heteroatoms. The summed E-state index contributed by atoms with van der Waals surface area (Å²) >= 11 is 6.60. The zero-order chi connectivity index (χ0) is 13.1. The quantitative estimate of drug-likeness (QED) is 0.674. The first-order chi connectivity index (χ1) is 8.58. The minimum absolute atomic E-state index is 0.00134. The number of nitrogens with zero attached hydrogens (tertiary/aromatic N) is 2. The standard InChI is InChI=1S/C12H15N3OS2/c1-14(2)6-7-15-11(16)10(18-12(15)17)8-9-4-3-5-13-9/h3-5,8,13H,6-7H2,1-2H3/b10-8+. The van der Waals surface area contributed by atoms with E-state index in [0.717, 1.165) is 12.2 Å². The molecule has 0 aliphatic carbocycles. The molecule has 1 aliphatic heterocycles. The molecule has 0 spiro atoms. The fraction of sp³-hybridized carbons (Fsp3) is 0.333. The van der Waals surface area contributed by atoms with Crippen LogP contribution in [0.15, 0.2) is 23.2 Å². The maximum atomic E-state index is 12.2. The van der Waals surface area contributed by atoms with E-state index in [-0.39, 0.29) is 5.91 Å². The molecule has 4 nitrogen and oxygen atoms in total. The predicted molar refractivity (Wildman–Crippen MR) is 79.2 cm³/mol. The molecule has 0 saturated carbocycles. The number of hydrogen-bond donors (Lipinski definition) is 1. The van der Waals surface area contributed by atoms with Gasteiger partial charge in [0.25, 0.3) is 5.91 Å². The maximum Gasteiger partial charge on any atom is 0.266 e. The van der Waals surface area contributed by atoms with Crippen molar-refractivity contribution in [1.29, 1.82) is 0 Å². The third-order valence-electron chi connectivity index (χ3n) is 2.55. The number of H-pyrrole nitrogens is 1. The largest absolute Gasteiger partial charge is 0.362 e. The van der Waals surface area contributed by atoms with E-state index in [1.807, 2.05) is 43.4 Å². The molecule has 2 heterocycles. The summed E-state index contributed by atoms with van der Waals surface area (Å²) < 4.78 is 0.639. The molecule has 1 aromatic heterocycles. The number of nitrogens with one attached hydrogen (secondary N) is 1. The lowest BCUT2D eigenvalue weighted by Gasteiger charge is -2.17. The average molecular weight is 281 g/mol. The summed E-state index contributed by atoms with van der Waals surface area (Å²) in [7, 11) is 3.96. The van der Waals surface area contributed by atoms with Crippen LogP contribution >= 0.6 is 24.0 Å².